The fraction of sp³-hybridized carbons (Fsp3) is 0.913. The third-order valence-corrected chi connectivity index (χ3v) is 9.51. The van der Waals surface area contributed by atoms with E-state index in [1.54, 1.807) is 6.92 Å². The molecule has 0 aromatic rings. The zero-order valence-corrected chi connectivity index (χ0v) is 17.1. The number of carbonyl (C=O) groups is 2. The number of ether oxygens (including phenoxy) is 1. The van der Waals surface area contributed by atoms with Gasteiger partial charge in [0.25, 0.3) is 0 Å². The monoisotopic (exact) mass is 360 g/mol. The Morgan fingerprint density at radius 1 is 1.08 bits per heavy atom. The third-order valence-electron chi connectivity index (χ3n) is 9.51. The van der Waals surface area contributed by atoms with E-state index < -0.39 is 0 Å². The molecule has 0 amide bonds. The molecule has 0 aliphatic heterocycles. The van der Waals surface area contributed by atoms with Crippen LogP contribution in [0.15, 0.2) is 0 Å². The van der Waals surface area contributed by atoms with Gasteiger partial charge in [-0.05, 0) is 73.5 Å². The average Bonchev–Trinajstić information content (AvgIpc) is 2.91. The minimum Gasteiger partial charge on any atom is -0.462 e. The number of Topliss-reactive ketones (excluding diaryl/α,β-unsaturated/α-hetero) is 1. The summed E-state index contributed by atoms with van der Waals surface area (Å²) in [5.74, 6) is 3.77. The first-order valence-corrected chi connectivity index (χ1v) is 11.0. The van der Waals surface area contributed by atoms with Gasteiger partial charge in [0.05, 0.1) is 0 Å². The Kier molecular flexibility index (Phi) is 4.51. The van der Waals surface area contributed by atoms with E-state index in [0.29, 0.717) is 29.0 Å². The van der Waals surface area contributed by atoms with Gasteiger partial charge in [0.2, 0.25) is 0 Å². The minimum atomic E-state index is -0.119. The Labute approximate surface area is 158 Å². The molecule has 4 rings (SSSR count). The quantitative estimate of drug-likeness (QED) is 0.638. The highest BCUT2D eigenvalue weighted by atomic mass is 16.5. The number of ketones is 1. The van der Waals surface area contributed by atoms with Crippen LogP contribution in [-0.4, -0.2) is 17.9 Å². The van der Waals surface area contributed by atoms with Crippen LogP contribution in [0.4, 0.5) is 0 Å². The van der Waals surface area contributed by atoms with Gasteiger partial charge in [0.1, 0.15) is 11.9 Å². The van der Waals surface area contributed by atoms with Crippen molar-refractivity contribution in [3.8, 4) is 0 Å². The van der Waals surface area contributed by atoms with E-state index in [9.17, 15) is 9.59 Å². The molecule has 3 heteroatoms. The summed E-state index contributed by atoms with van der Waals surface area (Å²) in [7, 11) is 0. The second-order valence-electron chi connectivity index (χ2n) is 10.3. The van der Waals surface area contributed by atoms with Crippen molar-refractivity contribution in [2.75, 3.05) is 0 Å². The Morgan fingerprint density at radius 2 is 1.85 bits per heavy atom. The van der Waals surface area contributed by atoms with E-state index in [4.69, 9.17) is 4.74 Å². The van der Waals surface area contributed by atoms with E-state index in [1.807, 2.05) is 0 Å². The number of carbonyl (C=O) groups excluding carboxylic acids is 2. The topological polar surface area (TPSA) is 43.4 Å². The Hall–Kier alpha value is -0.860. The molecule has 0 aromatic carbocycles. The second-order valence-corrected chi connectivity index (χ2v) is 10.3. The molecule has 3 unspecified atom stereocenters. The summed E-state index contributed by atoms with van der Waals surface area (Å²) >= 11 is 0. The van der Waals surface area contributed by atoms with Crippen molar-refractivity contribution in [1.29, 1.82) is 0 Å². The van der Waals surface area contributed by atoms with Crippen LogP contribution < -0.4 is 0 Å². The lowest BCUT2D eigenvalue weighted by Gasteiger charge is -2.62. The summed E-state index contributed by atoms with van der Waals surface area (Å²) in [4.78, 5) is 23.9. The van der Waals surface area contributed by atoms with Gasteiger partial charge in [0.15, 0.2) is 0 Å². The molecule has 0 bridgehead atoms. The Morgan fingerprint density at radius 3 is 2.54 bits per heavy atom. The molecule has 4 saturated carbocycles. The molecule has 4 aliphatic carbocycles. The van der Waals surface area contributed by atoms with Crippen molar-refractivity contribution in [3.05, 3.63) is 0 Å². The van der Waals surface area contributed by atoms with Crippen LogP contribution in [0.5, 0.6) is 0 Å². The fourth-order valence-corrected chi connectivity index (χ4v) is 8.21. The van der Waals surface area contributed by atoms with Gasteiger partial charge in [0, 0.05) is 25.2 Å². The molecule has 0 saturated heterocycles. The van der Waals surface area contributed by atoms with Gasteiger partial charge >= 0.3 is 5.97 Å². The number of hydrogen-bond acceptors (Lipinski definition) is 3. The lowest BCUT2D eigenvalue weighted by Crippen LogP contribution is -2.57. The largest absolute Gasteiger partial charge is 0.462 e. The van der Waals surface area contributed by atoms with Gasteiger partial charge in [-0.1, -0.05) is 27.2 Å². The van der Waals surface area contributed by atoms with Crippen LogP contribution >= 0.6 is 0 Å². The van der Waals surface area contributed by atoms with Crippen LogP contribution in [0.25, 0.3) is 0 Å². The zero-order valence-electron chi connectivity index (χ0n) is 17.1. The molecule has 0 N–H and O–H groups in total. The summed E-state index contributed by atoms with van der Waals surface area (Å²) in [5, 5.41) is 0. The predicted octanol–water partition coefficient (Wildman–Crippen LogP) is 5.17. The first kappa shape index (κ1) is 18.5. The lowest BCUT2D eigenvalue weighted by molar-refractivity contribution is -0.168. The molecule has 8 atom stereocenters. The standard InChI is InChI=1S/C23H36O3/c1-5-15-12-17(25)13-16-6-7-18-19-8-9-21(26-14(2)24)22(19,3)11-10-20(18)23(15,16)4/h15-16,18-21H,5-13H2,1-4H3/t15?,16?,18-,19-,20+,21?,22-,23-/m0/s1. The van der Waals surface area contributed by atoms with E-state index in [2.05, 4.69) is 20.8 Å². The maximum Gasteiger partial charge on any atom is 0.302 e. The number of rotatable bonds is 2. The van der Waals surface area contributed by atoms with Crippen molar-refractivity contribution < 1.29 is 14.3 Å². The predicted molar refractivity (Wildman–Crippen MR) is 101 cm³/mol. The molecular formula is C23H36O3. The summed E-state index contributed by atoms with van der Waals surface area (Å²) in [6, 6.07) is 0. The highest BCUT2D eigenvalue weighted by Gasteiger charge is 2.62. The molecule has 146 valence electrons. The SMILES string of the molecule is CCC1CC(=O)CC2CC[C@@H]3[C@@H](CC[C@]4(C)C(OC(C)=O)CC[C@@H]34)[C@@]12C. The second kappa shape index (κ2) is 6.34. The van der Waals surface area contributed by atoms with Crippen molar-refractivity contribution >= 4 is 11.8 Å². The number of esters is 1. The minimum absolute atomic E-state index is 0.117. The van der Waals surface area contributed by atoms with Crippen molar-refractivity contribution in [3.63, 3.8) is 0 Å². The average molecular weight is 361 g/mol. The van der Waals surface area contributed by atoms with Crippen molar-refractivity contribution in [2.45, 2.75) is 91.6 Å². The Bertz CT molecular complexity index is 586. The fourth-order valence-electron chi connectivity index (χ4n) is 8.21. The molecule has 0 heterocycles. The summed E-state index contributed by atoms with van der Waals surface area (Å²) < 4.78 is 5.77. The molecular weight excluding hydrogens is 324 g/mol. The first-order valence-electron chi connectivity index (χ1n) is 11.0. The van der Waals surface area contributed by atoms with Crippen LogP contribution in [0.1, 0.15) is 85.5 Å². The number of hydrogen-bond donors (Lipinski definition) is 0. The molecule has 3 nitrogen and oxygen atoms in total. The van der Waals surface area contributed by atoms with Gasteiger partial charge < -0.3 is 4.74 Å². The summed E-state index contributed by atoms with van der Waals surface area (Å²) in [5.41, 5.74) is 0.509. The van der Waals surface area contributed by atoms with E-state index in [1.165, 1.54) is 32.1 Å². The van der Waals surface area contributed by atoms with Gasteiger partial charge in [-0.15, -0.1) is 0 Å². The van der Waals surface area contributed by atoms with Crippen LogP contribution in [0, 0.1) is 40.4 Å². The van der Waals surface area contributed by atoms with Gasteiger partial charge in [-0.25, -0.2) is 0 Å². The van der Waals surface area contributed by atoms with Crippen molar-refractivity contribution in [2.24, 2.45) is 40.4 Å². The summed E-state index contributed by atoms with van der Waals surface area (Å²) in [6.45, 7) is 8.77. The van der Waals surface area contributed by atoms with E-state index >= 15 is 0 Å². The van der Waals surface area contributed by atoms with E-state index in [0.717, 1.165) is 37.5 Å². The Balaban J connectivity index is 1.63. The van der Waals surface area contributed by atoms with Crippen LogP contribution in [0.3, 0.4) is 0 Å². The zero-order chi connectivity index (χ0) is 18.7. The molecule has 26 heavy (non-hydrogen) atoms. The van der Waals surface area contributed by atoms with Crippen molar-refractivity contribution in [1.82, 2.24) is 0 Å². The molecule has 4 fully saturated rings. The summed E-state index contributed by atoms with van der Waals surface area (Å²) in [6.07, 6.45) is 10.1. The molecule has 4 aliphatic rings. The normalized spacial score (nSPS) is 50.5. The lowest BCUT2D eigenvalue weighted by atomic mass is 9.42. The maximum atomic E-state index is 12.3. The molecule has 0 spiro atoms. The van der Waals surface area contributed by atoms with Crippen LogP contribution in [0.2, 0.25) is 0 Å². The van der Waals surface area contributed by atoms with Gasteiger partial charge in [-0.2, -0.15) is 0 Å². The molecule has 0 radical (unpaired) electrons. The first-order chi connectivity index (χ1) is 12.3. The van der Waals surface area contributed by atoms with Crippen LogP contribution in [-0.2, 0) is 14.3 Å². The van der Waals surface area contributed by atoms with Gasteiger partial charge in [-0.3, -0.25) is 9.59 Å². The smallest absolute Gasteiger partial charge is 0.302 e. The highest BCUT2D eigenvalue weighted by molar-refractivity contribution is 5.80. The molecule has 0 aromatic heterocycles. The highest BCUT2D eigenvalue weighted by Crippen LogP contribution is 2.67. The number of fused-ring (bicyclic) bond motifs is 5. The third kappa shape index (κ3) is 2.52. The van der Waals surface area contributed by atoms with E-state index in [-0.39, 0.29) is 17.5 Å². The maximum absolute atomic E-state index is 12.3.